The first kappa shape index (κ1) is 21.8. The van der Waals surface area contributed by atoms with Gasteiger partial charge in [0.05, 0.1) is 21.3 Å². The van der Waals surface area contributed by atoms with Crippen molar-refractivity contribution in [1.82, 2.24) is 19.4 Å². The monoisotopic (exact) mass is 438 g/mol. The minimum Gasteiger partial charge on any atom is -0.341 e. The second-order valence-electron chi connectivity index (χ2n) is 7.66. The maximum absolute atomic E-state index is 12.7. The molecular formula is C20H27ClN4O3S. The lowest BCUT2D eigenvalue weighted by Gasteiger charge is -2.33. The van der Waals surface area contributed by atoms with Crippen LogP contribution < -0.4 is 4.72 Å². The molecule has 29 heavy (non-hydrogen) atoms. The molecule has 0 radical (unpaired) electrons. The van der Waals surface area contributed by atoms with Crippen LogP contribution in [0.4, 0.5) is 0 Å². The summed E-state index contributed by atoms with van der Waals surface area (Å²) in [5.74, 6) is 0.0512. The van der Waals surface area contributed by atoms with Gasteiger partial charge in [0.15, 0.2) is 0 Å². The third kappa shape index (κ3) is 5.18. The SMILES string of the molecule is Cc1ccc(S(=O)(=O)NCC2CCCN(C(=O)Cn3nc(C)c(Cl)c3C)C2)cc1. The fourth-order valence-corrected chi connectivity index (χ4v) is 4.80. The van der Waals surface area contributed by atoms with E-state index in [9.17, 15) is 13.2 Å². The Bertz CT molecular complexity index is 986. The highest BCUT2D eigenvalue weighted by atomic mass is 35.5. The van der Waals surface area contributed by atoms with Gasteiger partial charge in [-0.15, -0.1) is 0 Å². The molecule has 1 aromatic carbocycles. The number of nitrogens with zero attached hydrogens (tertiary/aromatic N) is 3. The van der Waals surface area contributed by atoms with Gasteiger partial charge in [-0.2, -0.15) is 5.10 Å². The number of hydrogen-bond acceptors (Lipinski definition) is 4. The highest BCUT2D eigenvalue weighted by molar-refractivity contribution is 7.89. The van der Waals surface area contributed by atoms with E-state index in [2.05, 4.69) is 9.82 Å². The predicted octanol–water partition coefficient (Wildman–Crippen LogP) is 2.68. The molecule has 158 valence electrons. The zero-order valence-corrected chi connectivity index (χ0v) is 18.6. The van der Waals surface area contributed by atoms with Gasteiger partial charge >= 0.3 is 0 Å². The Kier molecular flexibility index (Phi) is 6.65. The maximum Gasteiger partial charge on any atom is 0.244 e. The van der Waals surface area contributed by atoms with E-state index >= 15 is 0 Å². The molecule has 1 fully saturated rings. The molecule has 7 nitrogen and oxygen atoms in total. The van der Waals surface area contributed by atoms with Crippen LogP contribution in [0.25, 0.3) is 0 Å². The Balaban J connectivity index is 1.58. The molecule has 1 unspecified atom stereocenters. The van der Waals surface area contributed by atoms with Crippen LogP contribution in [0.15, 0.2) is 29.2 Å². The van der Waals surface area contributed by atoms with Crippen LogP contribution >= 0.6 is 11.6 Å². The van der Waals surface area contributed by atoms with Crippen LogP contribution in [0.2, 0.25) is 5.02 Å². The number of sulfonamides is 1. The highest BCUT2D eigenvalue weighted by Gasteiger charge is 2.26. The van der Waals surface area contributed by atoms with Gasteiger partial charge in [-0.3, -0.25) is 9.48 Å². The van der Waals surface area contributed by atoms with E-state index in [4.69, 9.17) is 11.6 Å². The minimum atomic E-state index is -3.55. The average molecular weight is 439 g/mol. The number of benzene rings is 1. The molecule has 1 aliphatic heterocycles. The number of aromatic nitrogens is 2. The summed E-state index contributed by atoms with van der Waals surface area (Å²) < 4.78 is 29.3. The van der Waals surface area contributed by atoms with Gasteiger partial charge in [-0.05, 0) is 51.7 Å². The van der Waals surface area contributed by atoms with E-state index in [0.29, 0.717) is 30.4 Å². The highest BCUT2D eigenvalue weighted by Crippen LogP contribution is 2.21. The fraction of sp³-hybridized carbons (Fsp3) is 0.500. The van der Waals surface area contributed by atoms with Crippen LogP contribution in [0.5, 0.6) is 0 Å². The molecule has 2 aromatic rings. The van der Waals surface area contributed by atoms with Crippen molar-refractivity contribution in [3.05, 3.63) is 46.2 Å². The van der Waals surface area contributed by atoms with Crippen molar-refractivity contribution in [3.8, 4) is 0 Å². The summed E-state index contributed by atoms with van der Waals surface area (Å²) in [7, 11) is -3.55. The summed E-state index contributed by atoms with van der Waals surface area (Å²) in [6.45, 7) is 7.22. The largest absolute Gasteiger partial charge is 0.341 e. The molecule has 1 atom stereocenters. The van der Waals surface area contributed by atoms with Crippen LogP contribution in [0.1, 0.15) is 29.8 Å². The van der Waals surface area contributed by atoms with E-state index in [1.54, 1.807) is 33.8 Å². The van der Waals surface area contributed by atoms with Gasteiger partial charge in [0.2, 0.25) is 15.9 Å². The number of likely N-dealkylation sites (tertiary alicyclic amines) is 1. The third-order valence-electron chi connectivity index (χ3n) is 5.34. The number of nitrogens with one attached hydrogen (secondary N) is 1. The second-order valence-corrected chi connectivity index (χ2v) is 9.80. The maximum atomic E-state index is 12.7. The van der Waals surface area contributed by atoms with Crippen molar-refractivity contribution in [2.24, 2.45) is 5.92 Å². The minimum absolute atomic E-state index is 0.0293. The number of halogens is 1. The first-order valence-electron chi connectivity index (χ1n) is 9.71. The Morgan fingerprint density at radius 3 is 2.55 bits per heavy atom. The summed E-state index contributed by atoms with van der Waals surface area (Å²) >= 11 is 6.16. The standard InChI is InChI=1S/C20H27ClN4O3S/c1-14-6-8-18(9-7-14)29(27,28)22-11-17-5-4-10-24(12-17)19(26)13-25-16(3)20(21)15(2)23-25/h6-9,17,22H,4-5,10-13H2,1-3H3. The molecule has 1 amide bonds. The van der Waals surface area contributed by atoms with E-state index in [1.165, 1.54) is 0 Å². The summed E-state index contributed by atoms with van der Waals surface area (Å²) in [4.78, 5) is 14.8. The van der Waals surface area contributed by atoms with Crippen molar-refractivity contribution in [2.45, 2.75) is 45.1 Å². The topological polar surface area (TPSA) is 84.3 Å². The molecule has 0 saturated carbocycles. The van der Waals surface area contributed by atoms with Gasteiger partial charge in [0.1, 0.15) is 6.54 Å². The molecule has 1 aromatic heterocycles. The smallest absolute Gasteiger partial charge is 0.244 e. The molecule has 3 rings (SSSR count). The summed E-state index contributed by atoms with van der Waals surface area (Å²) in [6.07, 6.45) is 1.73. The number of carbonyl (C=O) groups is 1. The van der Waals surface area contributed by atoms with Crippen molar-refractivity contribution < 1.29 is 13.2 Å². The van der Waals surface area contributed by atoms with Gasteiger partial charge in [0.25, 0.3) is 0 Å². The first-order chi connectivity index (χ1) is 13.7. The summed E-state index contributed by atoms with van der Waals surface area (Å²) in [5.41, 5.74) is 2.49. The van der Waals surface area contributed by atoms with Gasteiger partial charge in [-0.25, -0.2) is 13.1 Å². The lowest BCUT2D eigenvalue weighted by Crippen LogP contribution is -2.45. The fourth-order valence-electron chi connectivity index (χ4n) is 3.54. The normalized spacial score (nSPS) is 17.5. The molecule has 0 bridgehead atoms. The molecular weight excluding hydrogens is 412 g/mol. The number of piperidine rings is 1. The summed E-state index contributed by atoms with van der Waals surface area (Å²) in [5, 5.41) is 4.90. The van der Waals surface area contributed by atoms with Crippen LogP contribution in [0.3, 0.4) is 0 Å². The molecule has 0 aliphatic carbocycles. The van der Waals surface area contributed by atoms with E-state index < -0.39 is 10.0 Å². The van der Waals surface area contributed by atoms with Crippen LogP contribution in [-0.4, -0.2) is 48.6 Å². The Labute approximate surface area is 177 Å². The van der Waals surface area contributed by atoms with Crippen LogP contribution in [0, 0.1) is 26.7 Å². The molecule has 1 saturated heterocycles. The molecule has 0 spiro atoms. The first-order valence-corrected chi connectivity index (χ1v) is 11.6. The second kappa shape index (κ2) is 8.85. The van der Waals surface area contributed by atoms with E-state index in [0.717, 1.165) is 24.1 Å². The predicted molar refractivity (Wildman–Crippen MR) is 112 cm³/mol. The number of amides is 1. The zero-order chi connectivity index (χ0) is 21.2. The van der Waals surface area contributed by atoms with Gasteiger partial charge in [-0.1, -0.05) is 29.3 Å². The quantitative estimate of drug-likeness (QED) is 0.751. The Morgan fingerprint density at radius 2 is 1.93 bits per heavy atom. The number of aryl methyl sites for hydroxylation is 2. The van der Waals surface area contributed by atoms with E-state index in [-0.39, 0.29) is 23.3 Å². The molecule has 1 aliphatic rings. The van der Waals surface area contributed by atoms with Crippen molar-refractivity contribution in [2.75, 3.05) is 19.6 Å². The van der Waals surface area contributed by atoms with Gasteiger partial charge < -0.3 is 4.90 Å². The average Bonchev–Trinajstić information content (AvgIpc) is 2.93. The lowest BCUT2D eigenvalue weighted by atomic mass is 9.98. The molecule has 1 N–H and O–H groups in total. The summed E-state index contributed by atoms with van der Waals surface area (Å²) in [6, 6.07) is 6.77. The van der Waals surface area contributed by atoms with Crippen molar-refractivity contribution in [3.63, 3.8) is 0 Å². The lowest BCUT2D eigenvalue weighted by molar-refractivity contribution is -0.133. The van der Waals surface area contributed by atoms with E-state index in [1.807, 2.05) is 20.8 Å². The third-order valence-corrected chi connectivity index (χ3v) is 7.33. The van der Waals surface area contributed by atoms with Gasteiger partial charge in [0, 0.05) is 19.6 Å². The Morgan fingerprint density at radius 1 is 1.24 bits per heavy atom. The van der Waals surface area contributed by atoms with Crippen molar-refractivity contribution >= 4 is 27.5 Å². The zero-order valence-electron chi connectivity index (χ0n) is 17.0. The molecule has 2 heterocycles. The Hall–Kier alpha value is -1.90. The number of hydrogen-bond donors (Lipinski definition) is 1. The van der Waals surface area contributed by atoms with Crippen molar-refractivity contribution in [1.29, 1.82) is 0 Å². The van der Waals surface area contributed by atoms with Crippen LogP contribution in [-0.2, 0) is 21.4 Å². The number of carbonyl (C=O) groups excluding carboxylic acids is 1. The number of rotatable bonds is 6. The molecule has 9 heteroatoms.